The first kappa shape index (κ1) is 18.0. The van der Waals surface area contributed by atoms with E-state index in [1.54, 1.807) is 12.1 Å². The number of benzene rings is 2. The molecule has 0 bridgehead atoms. The van der Waals surface area contributed by atoms with Crippen molar-refractivity contribution in [2.24, 2.45) is 5.73 Å². The van der Waals surface area contributed by atoms with Crippen LogP contribution in [0.4, 0.5) is 16.2 Å². The van der Waals surface area contributed by atoms with Crippen molar-refractivity contribution in [3.05, 3.63) is 59.7 Å². The summed E-state index contributed by atoms with van der Waals surface area (Å²) in [6.07, 6.45) is 0.800. The number of anilines is 2. The summed E-state index contributed by atoms with van der Waals surface area (Å²) in [5, 5.41) is 7.74. The normalized spacial score (nSPS) is 9.96. The lowest BCUT2D eigenvalue weighted by Gasteiger charge is -2.10. The van der Waals surface area contributed by atoms with Crippen LogP contribution in [0.2, 0.25) is 0 Å². The zero-order valence-corrected chi connectivity index (χ0v) is 13.8. The van der Waals surface area contributed by atoms with E-state index in [0.717, 1.165) is 17.7 Å². The van der Waals surface area contributed by atoms with Crippen molar-refractivity contribution in [3.63, 3.8) is 0 Å². The van der Waals surface area contributed by atoms with Gasteiger partial charge in [-0.05, 0) is 42.3 Å². The predicted molar refractivity (Wildman–Crippen MR) is 96.4 cm³/mol. The monoisotopic (exact) mass is 340 g/mol. The molecule has 0 atom stereocenters. The molecule has 7 nitrogen and oxygen atoms in total. The molecule has 0 spiro atoms. The fourth-order valence-corrected chi connectivity index (χ4v) is 2.25. The number of nitrogens with one attached hydrogen (secondary N) is 3. The van der Waals surface area contributed by atoms with E-state index in [9.17, 15) is 14.4 Å². The van der Waals surface area contributed by atoms with Crippen LogP contribution in [-0.4, -0.2) is 24.4 Å². The second kappa shape index (κ2) is 8.49. The Morgan fingerprint density at radius 1 is 0.960 bits per heavy atom. The number of primary amides is 1. The van der Waals surface area contributed by atoms with Gasteiger partial charge in [0.1, 0.15) is 0 Å². The average Bonchev–Trinajstić information content (AvgIpc) is 2.60. The summed E-state index contributed by atoms with van der Waals surface area (Å²) >= 11 is 0. The van der Waals surface area contributed by atoms with Crippen LogP contribution in [0.25, 0.3) is 0 Å². The lowest BCUT2D eigenvalue weighted by molar-refractivity contribution is -0.115. The van der Waals surface area contributed by atoms with Gasteiger partial charge in [0.05, 0.1) is 6.54 Å². The minimum atomic E-state index is -0.679. The topological polar surface area (TPSA) is 113 Å². The summed E-state index contributed by atoms with van der Waals surface area (Å²) in [4.78, 5) is 34.8. The first-order valence-electron chi connectivity index (χ1n) is 7.82. The lowest BCUT2D eigenvalue weighted by atomic mass is 10.1. The summed E-state index contributed by atoms with van der Waals surface area (Å²) in [5.74, 6) is -0.689. The van der Waals surface area contributed by atoms with Gasteiger partial charge in [-0.2, -0.15) is 0 Å². The highest BCUT2D eigenvalue weighted by molar-refractivity contribution is 6.00. The first-order valence-corrected chi connectivity index (χ1v) is 7.82. The number of carbonyl (C=O) groups is 3. The number of carbonyl (C=O) groups excluding carboxylic acids is 3. The minimum absolute atomic E-state index is 0.141. The van der Waals surface area contributed by atoms with E-state index in [4.69, 9.17) is 5.73 Å². The molecule has 0 aromatic heterocycles. The van der Waals surface area contributed by atoms with Gasteiger partial charge in [-0.15, -0.1) is 0 Å². The molecule has 25 heavy (non-hydrogen) atoms. The van der Waals surface area contributed by atoms with Crippen molar-refractivity contribution in [2.45, 2.75) is 13.3 Å². The molecule has 0 radical (unpaired) electrons. The highest BCUT2D eigenvalue weighted by Crippen LogP contribution is 2.15. The third-order valence-electron chi connectivity index (χ3n) is 3.50. The number of nitrogens with two attached hydrogens (primary N) is 1. The maximum atomic E-state index is 12.1. The molecule has 4 amide bonds. The largest absolute Gasteiger partial charge is 0.351 e. The predicted octanol–water partition coefficient (Wildman–Crippen LogP) is 2.11. The number of rotatable bonds is 6. The Morgan fingerprint density at radius 3 is 2.28 bits per heavy atom. The molecule has 0 aliphatic carbocycles. The standard InChI is InChI=1S/C18H20N4O3/c1-2-12-5-3-4-6-15(12)22-16(23)11-20-17(24)13-7-9-14(10-8-13)21-18(19)25/h3-10H,2,11H2,1H3,(H,20,24)(H,22,23)(H3,19,21,25). The third kappa shape index (κ3) is 5.35. The van der Waals surface area contributed by atoms with E-state index in [2.05, 4.69) is 16.0 Å². The highest BCUT2D eigenvalue weighted by Gasteiger charge is 2.09. The van der Waals surface area contributed by atoms with Gasteiger partial charge in [-0.1, -0.05) is 25.1 Å². The molecule has 0 saturated heterocycles. The Balaban J connectivity index is 1.88. The first-order chi connectivity index (χ1) is 12.0. The van der Waals surface area contributed by atoms with Gasteiger partial charge in [0.2, 0.25) is 5.91 Å². The fraction of sp³-hybridized carbons (Fsp3) is 0.167. The Labute approximate surface area is 145 Å². The number of aryl methyl sites for hydroxylation is 1. The number of para-hydroxylation sites is 1. The molecule has 0 aliphatic heterocycles. The second-order valence-electron chi connectivity index (χ2n) is 5.31. The van der Waals surface area contributed by atoms with Crippen molar-refractivity contribution in [2.75, 3.05) is 17.2 Å². The molecule has 2 aromatic carbocycles. The van der Waals surface area contributed by atoms with E-state index in [1.807, 2.05) is 31.2 Å². The van der Waals surface area contributed by atoms with Crippen molar-refractivity contribution >= 4 is 29.2 Å². The maximum Gasteiger partial charge on any atom is 0.316 e. The molecule has 0 fully saturated rings. The van der Waals surface area contributed by atoms with Crippen molar-refractivity contribution in [1.82, 2.24) is 5.32 Å². The van der Waals surface area contributed by atoms with Gasteiger partial charge in [-0.3, -0.25) is 9.59 Å². The van der Waals surface area contributed by atoms with Crippen LogP contribution in [0.15, 0.2) is 48.5 Å². The van der Waals surface area contributed by atoms with Crippen molar-refractivity contribution in [1.29, 1.82) is 0 Å². The third-order valence-corrected chi connectivity index (χ3v) is 3.50. The van der Waals surface area contributed by atoms with Gasteiger partial charge >= 0.3 is 6.03 Å². The van der Waals surface area contributed by atoms with E-state index in [-0.39, 0.29) is 18.4 Å². The Hall–Kier alpha value is -3.35. The Bertz CT molecular complexity index is 772. The van der Waals surface area contributed by atoms with Gasteiger partial charge < -0.3 is 21.7 Å². The molecular weight excluding hydrogens is 320 g/mol. The van der Waals surface area contributed by atoms with Crippen molar-refractivity contribution < 1.29 is 14.4 Å². The number of hydrogen-bond donors (Lipinski definition) is 4. The van der Waals surface area contributed by atoms with E-state index < -0.39 is 6.03 Å². The molecule has 0 heterocycles. The minimum Gasteiger partial charge on any atom is -0.351 e. The van der Waals surface area contributed by atoms with Crippen molar-refractivity contribution in [3.8, 4) is 0 Å². The summed E-state index contributed by atoms with van der Waals surface area (Å²) < 4.78 is 0. The summed E-state index contributed by atoms with van der Waals surface area (Å²) in [6, 6.07) is 13.0. The molecule has 2 aromatic rings. The quantitative estimate of drug-likeness (QED) is 0.646. The maximum absolute atomic E-state index is 12.1. The van der Waals surface area contributed by atoms with Gasteiger partial charge in [-0.25, -0.2) is 4.79 Å². The van der Waals surface area contributed by atoms with Crippen LogP contribution >= 0.6 is 0 Å². The Morgan fingerprint density at radius 2 is 1.64 bits per heavy atom. The van der Waals surface area contributed by atoms with Crippen LogP contribution in [0.1, 0.15) is 22.8 Å². The number of urea groups is 1. The smallest absolute Gasteiger partial charge is 0.316 e. The average molecular weight is 340 g/mol. The van der Waals surface area contributed by atoms with Crippen LogP contribution in [0, 0.1) is 0 Å². The number of hydrogen-bond acceptors (Lipinski definition) is 3. The summed E-state index contributed by atoms with van der Waals surface area (Å²) in [7, 11) is 0. The van der Waals surface area contributed by atoms with Crippen LogP contribution in [0.3, 0.4) is 0 Å². The van der Waals surface area contributed by atoms with E-state index in [1.165, 1.54) is 12.1 Å². The SMILES string of the molecule is CCc1ccccc1NC(=O)CNC(=O)c1ccc(NC(N)=O)cc1. The molecule has 0 aliphatic rings. The molecule has 7 heteroatoms. The molecule has 130 valence electrons. The molecule has 5 N–H and O–H groups in total. The lowest BCUT2D eigenvalue weighted by Crippen LogP contribution is -2.33. The Kier molecular flexibility index (Phi) is 6.11. The van der Waals surface area contributed by atoms with Crippen LogP contribution in [0.5, 0.6) is 0 Å². The summed E-state index contributed by atoms with van der Waals surface area (Å²) in [6.45, 7) is 1.86. The highest BCUT2D eigenvalue weighted by atomic mass is 16.2. The molecule has 2 rings (SSSR count). The van der Waals surface area contributed by atoms with Gasteiger partial charge in [0.15, 0.2) is 0 Å². The molecular formula is C18H20N4O3. The van der Waals surface area contributed by atoms with E-state index >= 15 is 0 Å². The van der Waals surface area contributed by atoms with Crippen LogP contribution in [-0.2, 0) is 11.2 Å². The molecule has 0 unspecified atom stereocenters. The zero-order valence-electron chi connectivity index (χ0n) is 13.8. The number of amides is 4. The zero-order chi connectivity index (χ0) is 18.2. The second-order valence-corrected chi connectivity index (χ2v) is 5.31. The molecule has 0 saturated carbocycles. The van der Waals surface area contributed by atoms with Gasteiger partial charge in [0.25, 0.3) is 5.91 Å². The van der Waals surface area contributed by atoms with Crippen LogP contribution < -0.4 is 21.7 Å². The van der Waals surface area contributed by atoms with E-state index in [0.29, 0.717) is 11.3 Å². The van der Waals surface area contributed by atoms with Gasteiger partial charge in [0, 0.05) is 16.9 Å². The summed E-state index contributed by atoms with van der Waals surface area (Å²) in [5.41, 5.74) is 7.64. The fourth-order valence-electron chi connectivity index (χ4n) is 2.25.